The zero-order chi connectivity index (χ0) is 19.4. The molecule has 2 aromatic rings. The van der Waals surface area contributed by atoms with Crippen molar-refractivity contribution >= 4 is 27.2 Å². The number of anilines is 1. The Balaban J connectivity index is 1.65. The Morgan fingerprint density at radius 2 is 1.78 bits per heavy atom. The molecule has 0 aromatic heterocycles. The molecule has 3 rings (SSSR count). The molecule has 0 aliphatic carbocycles. The fraction of sp³-hybridized carbons (Fsp3) is 0.278. The maximum absolute atomic E-state index is 12.5. The molecule has 1 N–H and O–H groups in total. The third-order valence-electron chi connectivity index (χ3n) is 4.39. The molecule has 1 heterocycles. The zero-order valence-electron chi connectivity index (χ0n) is 14.5. The summed E-state index contributed by atoms with van der Waals surface area (Å²) in [6.45, 7) is 0.992. The van der Waals surface area contributed by atoms with E-state index < -0.39 is 14.9 Å². The Bertz CT molecular complexity index is 951. The van der Waals surface area contributed by atoms with Crippen molar-refractivity contribution in [1.29, 1.82) is 0 Å². The van der Waals surface area contributed by atoms with Gasteiger partial charge in [0.05, 0.1) is 16.4 Å². The third kappa shape index (κ3) is 4.32. The molecule has 0 radical (unpaired) electrons. The van der Waals surface area contributed by atoms with Crippen LogP contribution < -0.4 is 5.32 Å². The van der Waals surface area contributed by atoms with Gasteiger partial charge in [-0.3, -0.25) is 14.9 Å². The highest BCUT2D eigenvalue weighted by Crippen LogP contribution is 2.21. The van der Waals surface area contributed by atoms with E-state index in [4.69, 9.17) is 0 Å². The summed E-state index contributed by atoms with van der Waals surface area (Å²) < 4.78 is 26.4. The van der Waals surface area contributed by atoms with Crippen LogP contribution >= 0.6 is 0 Å². The Morgan fingerprint density at radius 1 is 1.11 bits per heavy atom. The van der Waals surface area contributed by atoms with Crippen molar-refractivity contribution in [1.82, 2.24) is 4.31 Å². The summed E-state index contributed by atoms with van der Waals surface area (Å²) >= 11 is 0. The molecule has 0 bridgehead atoms. The maximum Gasteiger partial charge on any atom is 0.271 e. The van der Waals surface area contributed by atoms with Gasteiger partial charge in [-0.25, -0.2) is 8.42 Å². The predicted octanol–water partition coefficient (Wildman–Crippen LogP) is 2.67. The molecule has 2 aromatic carbocycles. The first-order valence-corrected chi connectivity index (χ1v) is 9.94. The minimum Gasteiger partial charge on any atom is -0.377 e. The van der Waals surface area contributed by atoms with E-state index in [9.17, 15) is 23.3 Å². The topological polar surface area (TPSA) is 110 Å². The van der Waals surface area contributed by atoms with Gasteiger partial charge >= 0.3 is 0 Å². The van der Waals surface area contributed by atoms with Gasteiger partial charge in [-0.1, -0.05) is 6.07 Å². The van der Waals surface area contributed by atoms with Crippen LogP contribution in [0.15, 0.2) is 53.4 Å². The van der Waals surface area contributed by atoms with E-state index in [-0.39, 0.29) is 22.9 Å². The lowest BCUT2D eigenvalue weighted by atomic mass is 10.1. The van der Waals surface area contributed by atoms with Crippen LogP contribution in [0.5, 0.6) is 0 Å². The molecule has 0 unspecified atom stereocenters. The monoisotopic (exact) mass is 389 g/mol. The third-order valence-corrected chi connectivity index (χ3v) is 6.30. The number of hydrogen-bond acceptors (Lipinski definition) is 6. The van der Waals surface area contributed by atoms with Gasteiger partial charge in [-0.2, -0.15) is 4.31 Å². The molecule has 27 heavy (non-hydrogen) atoms. The van der Waals surface area contributed by atoms with Crippen molar-refractivity contribution < 1.29 is 18.1 Å². The Kier molecular flexibility index (Phi) is 5.52. The standard InChI is InChI=1S/C18H19N3O5S/c22-18(13-19-15-4-3-5-16(12-15)21(23)24)14-6-8-17(9-7-14)27(25,26)20-10-1-2-11-20/h3-9,12,19H,1-2,10-11,13H2. The van der Waals surface area contributed by atoms with E-state index >= 15 is 0 Å². The van der Waals surface area contributed by atoms with E-state index in [0.29, 0.717) is 24.3 Å². The Hall–Kier alpha value is -2.78. The summed E-state index contributed by atoms with van der Waals surface area (Å²) in [5.74, 6) is -0.244. The minimum absolute atomic E-state index is 0.0562. The number of ketones is 1. The number of nitrogens with zero attached hydrogens (tertiary/aromatic N) is 2. The number of rotatable bonds is 7. The second-order valence-corrected chi connectivity index (χ2v) is 8.16. The number of nitro benzene ring substituents is 1. The number of non-ortho nitro benzene ring substituents is 1. The number of Topliss-reactive ketones (excluding diaryl/α,β-unsaturated/α-hetero) is 1. The number of nitro groups is 1. The molecule has 0 saturated carbocycles. The normalized spacial score (nSPS) is 14.8. The van der Waals surface area contributed by atoms with Crippen LogP contribution in [-0.2, 0) is 10.0 Å². The SMILES string of the molecule is O=C(CNc1cccc([N+](=O)[O-])c1)c1ccc(S(=O)(=O)N2CCCC2)cc1. The largest absolute Gasteiger partial charge is 0.377 e. The van der Waals surface area contributed by atoms with Crippen LogP contribution in [0, 0.1) is 10.1 Å². The molecule has 1 aliphatic heterocycles. The molecule has 1 aliphatic rings. The average molecular weight is 389 g/mol. The number of carbonyl (C=O) groups excluding carboxylic acids is 1. The molecule has 0 atom stereocenters. The van der Waals surface area contributed by atoms with Crippen molar-refractivity contribution in [3.05, 3.63) is 64.2 Å². The quantitative estimate of drug-likeness (QED) is 0.443. The van der Waals surface area contributed by atoms with Crippen molar-refractivity contribution in [2.75, 3.05) is 25.0 Å². The van der Waals surface area contributed by atoms with E-state index in [1.807, 2.05) is 0 Å². The van der Waals surface area contributed by atoms with E-state index in [0.717, 1.165) is 12.8 Å². The molecule has 1 saturated heterocycles. The number of hydrogen-bond donors (Lipinski definition) is 1. The molecule has 0 amide bonds. The summed E-state index contributed by atoms with van der Waals surface area (Å²) in [6, 6.07) is 11.7. The van der Waals surface area contributed by atoms with Crippen molar-refractivity contribution in [2.24, 2.45) is 0 Å². The highest BCUT2D eigenvalue weighted by molar-refractivity contribution is 7.89. The van der Waals surface area contributed by atoms with Crippen LogP contribution in [0.3, 0.4) is 0 Å². The van der Waals surface area contributed by atoms with Crippen LogP contribution in [0.25, 0.3) is 0 Å². The van der Waals surface area contributed by atoms with Gasteiger partial charge < -0.3 is 5.32 Å². The van der Waals surface area contributed by atoms with Gasteiger partial charge in [0.1, 0.15) is 0 Å². The Labute approximate surface area is 157 Å². The fourth-order valence-electron chi connectivity index (χ4n) is 2.90. The van der Waals surface area contributed by atoms with E-state index in [1.54, 1.807) is 6.07 Å². The first-order valence-electron chi connectivity index (χ1n) is 8.50. The van der Waals surface area contributed by atoms with Crippen LogP contribution in [0.4, 0.5) is 11.4 Å². The summed E-state index contributed by atoms with van der Waals surface area (Å²) in [6.07, 6.45) is 1.72. The molecular weight excluding hydrogens is 370 g/mol. The molecular formula is C18H19N3O5S. The van der Waals surface area contributed by atoms with Gasteiger partial charge in [-0.15, -0.1) is 0 Å². The molecule has 0 spiro atoms. The number of benzene rings is 2. The van der Waals surface area contributed by atoms with Gasteiger partial charge in [0.2, 0.25) is 10.0 Å². The molecule has 9 heteroatoms. The maximum atomic E-state index is 12.5. The molecule has 142 valence electrons. The zero-order valence-corrected chi connectivity index (χ0v) is 15.3. The molecule has 8 nitrogen and oxygen atoms in total. The highest BCUT2D eigenvalue weighted by Gasteiger charge is 2.27. The second-order valence-electron chi connectivity index (χ2n) is 6.22. The summed E-state index contributed by atoms with van der Waals surface area (Å²) in [5, 5.41) is 13.6. The van der Waals surface area contributed by atoms with E-state index in [1.165, 1.54) is 46.8 Å². The number of nitrogens with one attached hydrogen (secondary N) is 1. The Morgan fingerprint density at radius 3 is 2.41 bits per heavy atom. The van der Waals surface area contributed by atoms with Gasteiger partial charge in [0.15, 0.2) is 5.78 Å². The van der Waals surface area contributed by atoms with Crippen molar-refractivity contribution in [3.8, 4) is 0 Å². The number of carbonyl (C=O) groups is 1. The average Bonchev–Trinajstić information content (AvgIpc) is 3.22. The van der Waals surface area contributed by atoms with Gasteiger partial charge in [0.25, 0.3) is 5.69 Å². The smallest absolute Gasteiger partial charge is 0.271 e. The van der Waals surface area contributed by atoms with E-state index in [2.05, 4.69) is 5.32 Å². The summed E-state index contributed by atoms with van der Waals surface area (Å²) in [4.78, 5) is 22.7. The van der Waals surface area contributed by atoms with Crippen LogP contribution in [0.1, 0.15) is 23.2 Å². The highest BCUT2D eigenvalue weighted by atomic mass is 32.2. The van der Waals surface area contributed by atoms with Crippen LogP contribution in [-0.4, -0.2) is 43.1 Å². The van der Waals surface area contributed by atoms with Crippen molar-refractivity contribution in [3.63, 3.8) is 0 Å². The first-order chi connectivity index (χ1) is 12.9. The lowest BCUT2D eigenvalue weighted by molar-refractivity contribution is -0.384. The minimum atomic E-state index is -3.51. The predicted molar refractivity (Wildman–Crippen MR) is 100 cm³/mol. The van der Waals surface area contributed by atoms with Crippen molar-refractivity contribution in [2.45, 2.75) is 17.7 Å². The lowest BCUT2D eigenvalue weighted by Crippen LogP contribution is -2.27. The summed E-state index contributed by atoms with van der Waals surface area (Å²) in [5.41, 5.74) is 0.767. The number of sulfonamides is 1. The van der Waals surface area contributed by atoms with Gasteiger partial charge in [0, 0.05) is 36.5 Å². The lowest BCUT2D eigenvalue weighted by Gasteiger charge is -2.15. The van der Waals surface area contributed by atoms with Gasteiger partial charge in [-0.05, 0) is 43.2 Å². The fourth-order valence-corrected chi connectivity index (χ4v) is 4.42. The second kappa shape index (κ2) is 7.85. The van der Waals surface area contributed by atoms with Crippen LogP contribution in [0.2, 0.25) is 0 Å². The first kappa shape index (κ1) is 19.0. The summed E-state index contributed by atoms with van der Waals surface area (Å²) in [7, 11) is -3.51. The molecule has 1 fully saturated rings.